The van der Waals surface area contributed by atoms with E-state index in [1.54, 1.807) is 24.4 Å². The van der Waals surface area contributed by atoms with E-state index < -0.39 is 17.2 Å². The number of benzene rings is 2. The normalized spacial score (nSPS) is 11.4. The Hall–Kier alpha value is -2.01. The second-order valence-electron chi connectivity index (χ2n) is 6.11. The van der Waals surface area contributed by atoms with Crippen LogP contribution in [0.1, 0.15) is 30.9 Å². The molecule has 0 spiro atoms. The summed E-state index contributed by atoms with van der Waals surface area (Å²) < 4.78 is 30.4. The van der Waals surface area contributed by atoms with Crippen molar-refractivity contribution < 1.29 is 8.78 Å². The van der Waals surface area contributed by atoms with E-state index >= 15 is 0 Å². The molecule has 0 saturated heterocycles. The first kappa shape index (κ1) is 16.8. The summed E-state index contributed by atoms with van der Waals surface area (Å²) in [6.45, 7) is 4.00. The molecule has 1 heterocycles. The highest BCUT2D eigenvalue weighted by Crippen LogP contribution is 2.23. The highest BCUT2D eigenvalue weighted by molar-refractivity contribution is 9.10. The van der Waals surface area contributed by atoms with Crippen LogP contribution in [-0.4, -0.2) is 4.57 Å². The van der Waals surface area contributed by atoms with Gasteiger partial charge in [0.05, 0.1) is 11.9 Å². The molecule has 0 radical (unpaired) electrons. The number of hydrogen-bond acceptors (Lipinski definition) is 1. The third-order valence-corrected chi connectivity index (χ3v) is 4.57. The van der Waals surface area contributed by atoms with Crippen LogP contribution in [0.25, 0.3) is 10.8 Å². The van der Waals surface area contributed by atoms with Crippen LogP contribution in [0.4, 0.5) is 8.78 Å². The average Bonchev–Trinajstić information content (AvgIpc) is 2.51. The molecule has 124 valence electrons. The van der Waals surface area contributed by atoms with Gasteiger partial charge < -0.3 is 4.57 Å². The molecule has 24 heavy (non-hydrogen) atoms. The molecule has 0 amide bonds. The van der Waals surface area contributed by atoms with Gasteiger partial charge in [0.1, 0.15) is 11.6 Å². The number of halogens is 3. The zero-order chi connectivity index (χ0) is 17.4. The Labute approximate surface area is 146 Å². The lowest BCUT2D eigenvalue weighted by Crippen LogP contribution is -2.21. The first-order chi connectivity index (χ1) is 11.4. The summed E-state index contributed by atoms with van der Waals surface area (Å²) >= 11 is 3.20. The SMILES string of the molecule is CC(C)c1cc(F)c2c(=O)n(Cc3ccc(Br)cc3F)ccc2c1. The molecule has 0 aliphatic heterocycles. The Morgan fingerprint density at radius 3 is 2.50 bits per heavy atom. The predicted molar refractivity (Wildman–Crippen MR) is 95.5 cm³/mol. The van der Waals surface area contributed by atoms with Gasteiger partial charge in [0.15, 0.2) is 0 Å². The van der Waals surface area contributed by atoms with Crippen LogP contribution in [-0.2, 0) is 6.54 Å². The fourth-order valence-electron chi connectivity index (χ4n) is 2.68. The van der Waals surface area contributed by atoms with Gasteiger partial charge >= 0.3 is 0 Å². The fourth-order valence-corrected chi connectivity index (χ4v) is 3.01. The summed E-state index contributed by atoms with van der Waals surface area (Å²) in [6, 6.07) is 9.58. The smallest absolute Gasteiger partial charge is 0.261 e. The van der Waals surface area contributed by atoms with Crippen molar-refractivity contribution in [3.8, 4) is 0 Å². The van der Waals surface area contributed by atoms with Gasteiger partial charge in [0.2, 0.25) is 0 Å². The number of fused-ring (bicyclic) bond motifs is 1. The molecule has 0 aliphatic rings. The second-order valence-corrected chi connectivity index (χ2v) is 7.02. The Morgan fingerprint density at radius 2 is 1.83 bits per heavy atom. The summed E-state index contributed by atoms with van der Waals surface area (Å²) in [5.41, 5.74) is 0.762. The van der Waals surface area contributed by atoms with Crippen molar-refractivity contribution in [2.75, 3.05) is 0 Å². The lowest BCUT2D eigenvalue weighted by molar-refractivity contribution is 0.595. The van der Waals surface area contributed by atoms with Gasteiger partial charge in [-0.1, -0.05) is 41.9 Å². The van der Waals surface area contributed by atoms with Gasteiger partial charge in [-0.3, -0.25) is 4.79 Å². The topological polar surface area (TPSA) is 22.0 Å². The third kappa shape index (κ3) is 3.13. The predicted octanol–water partition coefficient (Wildman–Crippen LogP) is 5.21. The molecule has 0 bridgehead atoms. The summed E-state index contributed by atoms with van der Waals surface area (Å²) in [6.07, 6.45) is 1.58. The van der Waals surface area contributed by atoms with Gasteiger partial charge in [0.25, 0.3) is 5.56 Å². The van der Waals surface area contributed by atoms with E-state index in [4.69, 9.17) is 0 Å². The van der Waals surface area contributed by atoms with E-state index in [-0.39, 0.29) is 17.8 Å². The van der Waals surface area contributed by atoms with E-state index in [1.165, 1.54) is 16.7 Å². The van der Waals surface area contributed by atoms with Crippen LogP contribution in [0.5, 0.6) is 0 Å². The molecule has 5 heteroatoms. The van der Waals surface area contributed by atoms with Crippen molar-refractivity contribution in [1.29, 1.82) is 0 Å². The van der Waals surface area contributed by atoms with Crippen LogP contribution in [0.2, 0.25) is 0 Å². The molecule has 0 unspecified atom stereocenters. The Kier molecular flexibility index (Phi) is 4.54. The largest absolute Gasteiger partial charge is 0.310 e. The first-order valence-corrected chi connectivity index (χ1v) is 8.42. The number of aromatic nitrogens is 1. The van der Waals surface area contributed by atoms with E-state index in [0.717, 1.165) is 5.56 Å². The van der Waals surface area contributed by atoms with Crippen molar-refractivity contribution in [3.05, 3.63) is 80.2 Å². The third-order valence-electron chi connectivity index (χ3n) is 4.07. The Bertz CT molecular complexity index is 979. The Morgan fingerprint density at radius 1 is 1.08 bits per heavy atom. The highest BCUT2D eigenvalue weighted by Gasteiger charge is 2.13. The molecule has 3 rings (SSSR count). The van der Waals surface area contributed by atoms with Crippen LogP contribution in [0.3, 0.4) is 0 Å². The molecular formula is C19H16BrF2NO. The van der Waals surface area contributed by atoms with Gasteiger partial charge in [-0.25, -0.2) is 8.78 Å². The number of hydrogen-bond donors (Lipinski definition) is 0. The van der Waals surface area contributed by atoms with Crippen molar-refractivity contribution >= 4 is 26.7 Å². The van der Waals surface area contributed by atoms with Crippen molar-refractivity contribution in [1.82, 2.24) is 4.57 Å². The molecule has 0 aliphatic carbocycles. The average molecular weight is 392 g/mol. The lowest BCUT2D eigenvalue weighted by Gasteiger charge is -2.11. The van der Waals surface area contributed by atoms with E-state index in [9.17, 15) is 13.6 Å². The van der Waals surface area contributed by atoms with E-state index in [0.29, 0.717) is 15.4 Å². The summed E-state index contributed by atoms with van der Waals surface area (Å²) in [5.74, 6) is -0.776. The van der Waals surface area contributed by atoms with Gasteiger partial charge in [-0.15, -0.1) is 0 Å². The molecule has 3 aromatic rings. The minimum Gasteiger partial charge on any atom is -0.310 e. The number of pyridine rings is 1. The monoisotopic (exact) mass is 391 g/mol. The van der Waals surface area contributed by atoms with E-state index in [1.807, 2.05) is 19.9 Å². The van der Waals surface area contributed by atoms with Gasteiger partial charge in [0, 0.05) is 16.2 Å². The second kappa shape index (κ2) is 6.48. The highest BCUT2D eigenvalue weighted by atomic mass is 79.9. The van der Waals surface area contributed by atoms with Gasteiger partial charge in [-0.2, -0.15) is 0 Å². The summed E-state index contributed by atoms with van der Waals surface area (Å²) in [5, 5.41) is 0.607. The van der Waals surface area contributed by atoms with Crippen molar-refractivity contribution in [2.24, 2.45) is 0 Å². The van der Waals surface area contributed by atoms with Crippen LogP contribution in [0, 0.1) is 11.6 Å². The van der Waals surface area contributed by atoms with Crippen molar-refractivity contribution in [2.45, 2.75) is 26.3 Å². The van der Waals surface area contributed by atoms with Crippen molar-refractivity contribution in [3.63, 3.8) is 0 Å². The molecule has 0 fully saturated rings. The standard InChI is InChI=1S/C19H16BrF2NO/c1-11(2)14-7-12-5-6-23(19(24)18(12)17(22)8-14)10-13-3-4-15(20)9-16(13)21/h3-9,11H,10H2,1-2H3. The number of nitrogens with zero attached hydrogens (tertiary/aromatic N) is 1. The molecule has 2 aromatic carbocycles. The zero-order valence-electron chi connectivity index (χ0n) is 13.3. The minimum atomic E-state index is -0.535. The maximum absolute atomic E-state index is 14.4. The van der Waals surface area contributed by atoms with Crippen LogP contribution >= 0.6 is 15.9 Å². The van der Waals surface area contributed by atoms with Crippen LogP contribution in [0.15, 0.2) is 51.9 Å². The Balaban J connectivity index is 2.10. The molecule has 1 aromatic heterocycles. The fraction of sp³-hybridized carbons (Fsp3) is 0.211. The molecule has 0 atom stereocenters. The van der Waals surface area contributed by atoms with E-state index in [2.05, 4.69) is 15.9 Å². The number of rotatable bonds is 3. The summed E-state index contributed by atoms with van der Waals surface area (Å²) in [7, 11) is 0. The first-order valence-electron chi connectivity index (χ1n) is 7.63. The molecule has 0 saturated carbocycles. The quantitative estimate of drug-likeness (QED) is 0.600. The molecular weight excluding hydrogens is 376 g/mol. The molecule has 0 N–H and O–H groups in total. The lowest BCUT2D eigenvalue weighted by atomic mass is 9.99. The summed E-state index contributed by atoms with van der Waals surface area (Å²) in [4.78, 5) is 12.6. The maximum Gasteiger partial charge on any atom is 0.261 e. The minimum absolute atomic E-state index is 0.0411. The van der Waals surface area contributed by atoms with Gasteiger partial charge in [-0.05, 0) is 41.1 Å². The zero-order valence-corrected chi connectivity index (χ0v) is 14.9. The van der Waals surface area contributed by atoms with Crippen LogP contribution < -0.4 is 5.56 Å². The maximum atomic E-state index is 14.4. The molecule has 2 nitrogen and oxygen atoms in total.